The Morgan fingerprint density at radius 2 is 2.43 bits per heavy atom. The van der Waals surface area contributed by atoms with Crippen molar-refractivity contribution < 1.29 is 8.42 Å². The van der Waals surface area contributed by atoms with E-state index in [1.54, 1.807) is 0 Å². The Hall–Kier alpha value is -1.10. The topological polar surface area (TPSA) is 49.7 Å². The van der Waals surface area contributed by atoms with Gasteiger partial charge in [0.1, 0.15) is 0 Å². The van der Waals surface area contributed by atoms with Gasteiger partial charge >= 0.3 is 0 Å². The van der Waals surface area contributed by atoms with Gasteiger partial charge in [0, 0.05) is 24.8 Å². The molecule has 1 rings (SSSR count). The zero-order valence-electron chi connectivity index (χ0n) is 8.18. The fourth-order valence-electron chi connectivity index (χ4n) is 1.22. The van der Waals surface area contributed by atoms with E-state index in [-0.39, 0.29) is 0 Å². The molecule has 0 unspecified atom stereocenters. The van der Waals surface area contributed by atoms with E-state index >= 15 is 0 Å². The van der Waals surface area contributed by atoms with Crippen LogP contribution in [0.15, 0.2) is 16.9 Å². The van der Waals surface area contributed by atoms with E-state index in [0.29, 0.717) is 6.42 Å². The molecule has 5 heteroatoms. The number of allylic oxidation sites excluding steroid dienone is 1. The molecule has 0 saturated carbocycles. The van der Waals surface area contributed by atoms with Gasteiger partial charge in [-0.2, -0.15) is 8.42 Å². The van der Waals surface area contributed by atoms with Crippen molar-refractivity contribution in [3.8, 4) is 0 Å². The fraction of sp³-hybridized carbons (Fsp3) is 0.556. The Bertz CT molecular complexity index is 360. The normalized spacial score (nSPS) is 15.2. The van der Waals surface area contributed by atoms with Crippen molar-refractivity contribution in [1.29, 1.82) is 0 Å². The zero-order chi connectivity index (χ0) is 10.4. The Kier molecular flexibility index (Phi) is 4.39. The van der Waals surface area contributed by atoms with E-state index in [0.717, 1.165) is 25.1 Å². The van der Waals surface area contributed by atoms with Crippen molar-refractivity contribution in [3.63, 3.8) is 0 Å². The predicted octanol–water partition coefficient (Wildman–Crippen LogP) is 0.696. The maximum atomic E-state index is 10.2. The highest BCUT2D eigenvalue weighted by Crippen LogP contribution is 2.11. The van der Waals surface area contributed by atoms with Crippen molar-refractivity contribution in [2.24, 2.45) is 4.99 Å². The number of unbranched alkanes of at least 4 members (excludes halogenated alkanes) is 1. The zero-order valence-corrected chi connectivity index (χ0v) is 9.00. The van der Waals surface area contributed by atoms with E-state index in [2.05, 4.69) is 9.89 Å². The first-order valence-corrected chi connectivity index (χ1v) is 5.67. The van der Waals surface area contributed by atoms with Crippen LogP contribution >= 0.6 is 0 Å². The lowest BCUT2D eigenvalue weighted by atomic mass is 10.2. The third-order valence-electron chi connectivity index (χ3n) is 1.89. The minimum atomic E-state index is -2.02. The molecule has 1 aliphatic rings. The Morgan fingerprint density at radius 1 is 1.64 bits per heavy atom. The Labute approximate surface area is 85.5 Å². The van der Waals surface area contributed by atoms with Crippen LogP contribution in [0.5, 0.6) is 0 Å². The van der Waals surface area contributed by atoms with Gasteiger partial charge in [-0.1, -0.05) is 0 Å². The van der Waals surface area contributed by atoms with Gasteiger partial charge in [-0.25, -0.2) is 0 Å². The summed E-state index contributed by atoms with van der Waals surface area (Å²) >= 11 is 0. The summed E-state index contributed by atoms with van der Waals surface area (Å²) in [5, 5.41) is 1.29. The summed E-state index contributed by atoms with van der Waals surface area (Å²) in [4.78, 5) is 6.28. The van der Waals surface area contributed by atoms with Crippen molar-refractivity contribution in [1.82, 2.24) is 4.90 Å². The summed E-state index contributed by atoms with van der Waals surface area (Å²) in [5.74, 6) is 0. The summed E-state index contributed by atoms with van der Waals surface area (Å²) in [6.07, 6.45) is 6.10. The molecule has 1 heterocycles. The number of rotatable bonds is 4. The maximum absolute atomic E-state index is 10.2. The molecule has 0 atom stereocenters. The standard InChI is InChI=1S/C9H14N2O2S/c1-11-6-5-10-9(8-11)4-2-3-7-14(12)13/h5,7-8H,2-4,6H2,1H3. The summed E-state index contributed by atoms with van der Waals surface area (Å²) < 4.78 is 20.4. The first-order chi connectivity index (χ1) is 6.68. The van der Waals surface area contributed by atoms with Gasteiger partial charge in [0.15, 0.2) is 0 Å². The van der Waals surface area contributed by atoms with Gasteiger partial charge in [0.05, 0.1) is 12.2 Å². The number of hydrogen-bond donors (Lipinski definition) is 0. The highest BCUT2D eigenvalue weighted by atomic mass is 32.2. The van der Waals surface area contributed by atoms with Crippen LogP contribution in [0.25, 0.3) is 0 Å². The third kappa shape index (κ3) is 4.23. The first-order valence-electron chi connectivity index (χ1n) is 4.53. The van der Waals surface area contributed by atoms with Gasteiger partial charge in [0.25, 0.3) is 0 Å². The summed E-state index contributed by atoms with van der Waals surface area (Å²) in [7, 11) is -0.0322. The molecule has 0 bridgehead atoms. The van der Waals surface area contributed by atoms with Gasteiger partial charge in [-0.05, 0) is 19.3 Å². The molecule has 0 aliphatic carbocycles. The van der Waals surface area contributed by atoms with Crippen molar-refractivity contribution in [2.45, 2.75) is 19.3 Å². The van der Waals surface area contributed by atoms with Crippen LogP contribution in [0.3, 0.4) is 0 Å². The summed E-state index contributed by atoms with van der Waals surface area (Å²) in [5.41, 5.74) is 1.02. The second-order valence-corrected chi connectivity index (χ2v) is 4.05. The average Bonchev–Trinajstić information content (AvgIpc) is 2.12. The van der Waals surface area contributed by atoms with Gasteiger partial charge < -0.3 is 4.90 Å². The summed E-state index contributed by atoms with van der Waals surface area (Å²) in [6.45, 7) is 0.847. The van der Waals surface area contributed by atoms with Crippen LogP contribution in [0.1, 0.15) is 19.3 Å². The number of aliphatic imine (C=N–C) groups is 1. The van der Waals surface area contributed by atoms with Crippen LogP contribution in [0.2, 0.25) is 0 Å². The molecule has 0 fully saturated rings. The highest BCUT2D eigenvalue weighted by molar-refractivity contribution is 7.71. The third-order valence-corrected chi connectivity index (χ3v) is 2.39. The molecular weight excluding hydrogens is 200 g/mol. The van der Waals surface area contributed by atoms with Crippen molar-refractivity contribution in [2.75, 3.05) is 13.6 Å². The Balaban J connectivity index is 2.31. The van der Waals surface area contributed by atoms with Crippen LogP contribution in [-0.4, -0.2) is 38.5 Å². The molecule has 4 nitrogen and oxygen atoms in total. The van der Waals surface area contributed by atoms with Crippen LogP contribution < -0.4 is 0 Å². The minimum absolute atomic E-state index is 0.590. The molecule has 0 N–H and O–H groups in total. The maximum Gasteiger partial charge on any atom is 0.209 e. The van der Waals surface area contributed by atoms with E-state index in [1.807, 2.05) is 19.5 Å². The summed E-state index contributed by atoms with van der Waals surface area (Å²) in [6, 6.07) is 0. The SMILES string of the molecule is CN1C=C(CCCC=S(=O)=O)N=CC1. The van der Waals surface area contributed by atoms with Crippen molar-refractivity contribution >= 4 is 21.9 Å². The van der Waals surface area contributed by atoms with Gasteiger partial charge in [-0.15, -0.1) is 0 Å². The Morgan fingerprint density at radius 3 is 3.07 bits per heavy atom. The molecule has 0 saturated heterocycles. The number of nitrogens with zero attached hydrogens (tertiary/aromatic N) is 2. The van der Waals surface area contributed by atoms with Gasteiger partial charge in [-0.3, -0.25) is 4.99 Å². The monoisotopic (exact) mass is 214 g/mol. The average molecular weight is 214 g/mol. The fourth-order valence-corrected chi connectivity index (χ4v) is 1.58. The molecular formula is C9H14N2O2S. The molecule has 0 aromatic heterocycles. The first kappa shape index (κ1) is 11.0. The van der Waals surface area contributed by atoms with Crippen molar-refractivity contribution in [3.05, 3.63) is 11.9 Å². The minimum Gasteiger partial charge on any atom is -0.374 e. The lowest BCUT2D eigenvalue weighted by molar-refractivity contribution is 0.511. The lowest BCUT2D eigenvalue weighted by Gasteiger charge is -2.16. The molecule has 0 spiro atoms. The largest absolute Gasteiger partial charge is 0.374 e. The second-order valence-electron chi connectivity index (χ2n) is 3.19. The molecule has 78 valence electrons. The molecule has 0 aromatic carbocycles. The van der Waals surface area contributed by atoms with Crippen LogP contribution in [0.4, 0.5) is 0 Å². The quantitative estimate of drug-likeness (QED) is 0.511. The van der Waals surface area contributed by atoms with E-state index in [9.17, 15) is 8.42 Å². The van der Waals surface area contributed by atoms with Crippen LogP contribution in [-0.2, 0) is 10.3 Å². The second kappa shape index (κ2) is 5.59. The van der Waals surface area contributed by atoms with E-state index in [1.165, 1.54) is 5.37 Å². The van der Waals surface area contributed by atoms with Gasteiger partial charge in [0.2, 0.25) is 10.3 Å². The smallest absolute Gasteiger partial charge is 0.209 e. The molecule has 14 heavy (non-hydrogen) atoms. The molecule has 0 amide bonds. The lowest BCUT2D eigenvalue weighted by Crippen LogP contribution is -2.17. The molecule has 0 aromatic rings. The van der Waals surface area contributed by atoms with Crippen LogP contribution in [0, 0.1) is 0 Å². The highest BCUT2D eigenvalue weighted by Gasteiger charge is 2.01. The number of hydrogen-bond acceptors (Lipinski definition) is 4. The molecule has 1 aliphatic heterocycles. The predicted molar refractivity (Wildman–Crippen MR) is 58.0 cm³/mol. The molecule has 0 radical (unpaired) electrons. The van der Waals surface area contributed by atoms with E-state index < -0.39 is 10.3 Å². The van der Waals surface area contributed by atoms with E-state index in [4.69, 9.17) is 0 Å².